The number of hydrogen-bond donors (Lipinski definition) is 1. The van der Waals surface area contributed by atoms with Crippen LogP contribution in [0.5, 0.6) is 5.75 Å². The van der Waals surface area contributed by atoms with E-state index in [9.17, 15) is 4.79 Å². The molecule has 1 atom stereocenters. The zero-order chi connectivity index (χ0) is 24.1. The molecule has 2 heterocycles. The number of halogens is 1. The van der Waals surface area contributed by atoms with Crippen LogP contribution in [0, 0.1) is 0 Å². The number of nitrogens with zero attached hydrogens (tertiary/aromatic N) is 4. The number of carbonyl (C=O) groups is 1. The van der Waals surface area contributed by atoms with E-state index in [-0.39, 0.29) is 17.8 Å². The molecule has 0 aliphatic rings. The summed E-state index contributed by atoms with van der Waals surface area (Å²) in [4.78, 5) is 17.0. The van der Waals surface area contributed by atoms with Gasteiger partial charge in [0.15, 0.2) is 22.2 Å². The van der Waals surface area contributed by atoms with Gasteiger partial charge in [-0.25, -0.2) is 4.98 Å². The first-order chi connectivity index (χ1) is 16.4. The summed E-state index contributed by atoms with van der Waals surface area (Å²) in [5.41, 5.74) is 3.09. The lowest BCUT2D eigenvalue weighted by molar-refractivity contribution is -0.113. The predicted octanol–water partition coefficient (Wildman–Crippen LogP) is 6.13. The van der Waals surface area contributed by atoms with E-state index in [0.29, 0.717) is 16.1 Å². The molecule has 1 N–H and O–H groups in total. The molecule has 7 nitrogen and oxygen atoms in total. The molecule has 4 aromatic rings. The average Bonchev–Trinajstić information content (AvgIpc) is 3.45. The Hall–Kier alpha value is -2.69. The van der Waals surface area contributed by atoms with Crippen LogP contribution in [0.3, 0.4) is 0 Å². The monoisotopic (exact) mass is 557 g/mol. The van der Waals surface area contributed by atoms with Crippen LogP contribution in [0.25, 0.3) is 11.3 Å². The summed E-state index contributed by atoms with van der Waals surface area (Å²) < 4.78 is 8.89. The van der Waals surface area contributed by atoms with E-state index in [2.05, 4.69) is 55.5 Å². The Morgan fingerprint density at radius 2 is 1.91 bits per heavy atom. The quantitative estimate of drug-likeness (QED) is 0.249. The highest BCUT2D eigenvalue weighted by Gasteiger charge is 2.18. The number of thioether (sulfide) groups is 1. The van der Waals surface area contributed by atoms with Gasteiger partial charge < -0.3 is 14.6 Å². The molecule has 0 spiro atoms. The summed E-state index contributed by atoms with van der Waals surface area (Å²) in [5, 5.41) is 14.5. The Morgan fingerprint density at radius 3 is 2.62 bits per heavy atom. The molecule has 2 aromatic heterocycles. The van der Waals surface area contributed by atoms with E-state index >= 15 is 0 Å². The van der Waals surface area contributed by atoms with Crippen LogP contribution >= 0.6 is 39.0 Å². The van der Waals surface area contributed by atoms with Gasteiger partial charge in [-0.1, -0.05) is 58.9 Å². The molecule has 1 unspecified atom stereocenters. The molecule has 0 saturated heterocycles. The Kier molecular flexibility index (Phi) is 8.02. The van der Waals surface area contributed by atoms with Gasteiger partial charge in [0.2, 0.25) is 5.91 Å². The smallest absolute Gasteiger partial charge is 0.236 e. The minimum atomic E-state index is -0.277. The number of benzene rings is 2. The summed E-state index contributed by atoms with van der Waals surface area (Å²) in [6.45, 7) is 4.06. The number of aromatic nitrogens is 4. The van der Waals surface area contributed by atoms with Gasteiger partial charge in [-0.3, -0.25) is 4.79 Å². The molecule has 1 amide bonds. The Labute approximate surface area is 215 Å². The van der Waals surface area contributed by atoms with E-state index in [1.807, 2.05) is 60.3 Å². The van der Waals surface area contributed by atoms with Gasteiger partial charge in [0.25, 0.3) is 0 Å². The molecule has 0 aliphatic heterocycles. The summed E-state index contributed by atoms with van der Waals surface area (Å²) >= 11 is 6.15. The molecule has 2 aromatic carbocycles. The third kappa shape index (κ3) is 6.05. The van der Waals surface area contributed by atoms with Crippen molar-refractivity contribution in [2.24, 2.45) is 7.05 Å². The minimum Gasteiger partial charge on any atom is -0.483 e. The number of amides is 1. The van der Waals surface area contributed by atoms with Crippen LogP contribution in [0.1, 0.15) is 31.3 Å². The number of hydrogen-bond acceptors (Lipinski definition) is 7. The first-order valence-corrected chi connectivity index (χ1v) is 13.4. The molecule has 0 radical (unpaired) electrons. The van der Waals surface area contributed by atoms with Gasteiger partial charge in [-0.2, -0.15) is 0 Å². The second-order valence-electron chi connectivity index (χ2n) is 7.54. The summed E-state index contributed by atoms with van der Waals surface area (Å²) in [5.74, 6) is 1.53. The fourth-order valence-corrected chi connectivity index (χ4v) is 4.95. The molecule has 0 fully saturated rings. The fourth-order valence-electron chi connectivity index (χ4n) is 3.24. The number of aryl methyl sites for hydroxylation is 1. The van der Waals surface area contributed by atoms with Crippen LogP contribution in [0.4, 0.5) is 5.13 Å². The number of anilines is 1. The Morgan fingerprint density at radius 1 is 1.18 bits per heavy atom. The van der Waals surface area contributed by atoms with Gasteiger partial charge in [-0.15, -0.1) is 21.5 Å². The Bertz CT molecular complexity index is 1260. The zero-order valence-corrected chi connectivity index (χ0v) is 22.2. The molecule has 0 saturated carbocycles. The highest BCUT2D eigenvalue weighted by atomic mass is 79.9. The predicted molar refractivity (Wildman–Crippen MR) is 140 cm³/mol. The maximum atomic E-state index is 12.5. The summed E-state index contributed by atoms with van der Waals surface area (Å²) in [6, 6.07) is 15.9. The molecule has 176 valence electrons. The van der Waals surface area contributed by atoms with Crippen molar-refractivity contribution < 1.29 is 9.53 Å². The van der Waals surface area contributed by atoms with Crippen molar-refractivity contribution in [2.75, 3.05) is 11.1 Å². The molecule has 0 bridgehead atoms. The van der Waals surface area contributed by atoms with E-state index in [1.54, 1.807) is 0 Å². The largest absolute Gasteiger partial charge is 0.483 e. The van der Waals surface area contributed by atoms with E-state index in [4.69, 9.17) is 4.74 Å². The minimum absolute atomic E-state index is 0.147. The lowest BCUT2D eigenvalue weighted by Gasteiger charge is -2.14. The van der Waals surface area contributed by atoms with Crippen molar-refractivity contribution in [1.29, 1.82) is 0 Å². The standard InChI is InChI=1S/C24H24BrN5O2S2/c1-4-16-5-11-19(12-6-16)32-15(2)22-28-29-24(30(22)3)34-14-21(31)27-23-26-20(13-33-23)17-7-9-18(25)10-8-17/h5-13,15H,4,14H2,1-3H3,(H,26,27,31). The lowest BCUT2D eigenvalue weighted by Crippen LogP contribution is -2.14. The molecular formula is C24H24BrN5O2S2. The highest BCUT2D eigenvalue weighted by Crippen LogP contribution is 2.27. The van der Waals surface area contributed by atoms with Gasteiger partial charge in [0, 0.05) is 22.5 Å². The van der Waals surface area contributed by atoms with Crippen molar-refractivity contribution in [2.45, 2.75) is 31.5 Å². The van der Waals surface area contributed by atoms with Crippen molar-refractivity contribution in [3.63, 3.8) is 0 Å². The van der Waals surface area contributed by atoms with Crippen molar-refractivity contribution in [3.8, 4) is 17.0 Å². The van der Waals surface area contributed by atoms with Crippen LogP contribution in [-0.4, -0.2) is 31.4 Å². The van der Waals surface area contributed by atoms with Gasteiger partial charge >= 0.3 is 0 Å². The number of rotatable bonds is 9. The first kappa shape index (κ1) is 24.4. The second-order valence-corrected chi connectivity index (χ2v) is 10.3. The van der Waals surface area contributed by atoms with Crippen molar-refractivity contribution >= 4 is 50.1 Å². The second kappa shape index (κ2) is 11.2. The third-order valence-electron chi connectivity index (χ3n) is 5.10. The van der Waals surface area contributed by atoms with E-state index in [1.165, 1.54) is 28.7 Å². The van der Waals surface area contributed by atoms with Gasteiger partial charge in [-0.05, 0) is 43.2 Å². The first-order valence-electron chi connectivity index (χ1n) is 10.7. The average molecular weight is 559 g/mol. The lowest BCUT2D eigenvalue weighted by atomic mass is 10.2. The van der Waals surface area contributed by atoms with Crippen molar-refractivity contribution in [3.05, 3.63) is 69.8 Å². The normalized spacial score (nSPS) is 11.9. The molecule has 34 heavy (non-hydrogen) atoms. The number of thiazole rings is 1. The highest BCUT2D eigenvalue weighted by molar-refractivity contribution is 9.10. The maximum Gasteiger partial charge on any atom is 0.236 e. The van der Waals surface area contributed by atoms with Gasteiger partial charge in [0.05, 0.1) is 11.4 Å². The van der Waals surface area contributed by atoms with Crippen LogP contribution in [0.2, 0.25) is 0 Å². The Balaban J connectivity index is 1.31. The SMILES string of the molecule is CCc1ccc(OC(C)c2nnc(SCC(=O)Nc3nc(-c4ccc(Br)cc4)cs3)n2C)cc1. The van der Waals surface area contributed by atoms with Crippen LogP contribution in [-0.2, 0) is 18.3 Å². The zero-order valence-electron chi connectivity index (χ0n) is 19.0. The van der Waals surface area contributed by atoms with Gasteiger partial charge in [0.1, 0.15) is 5.75 Å². The molecule has 10 heteroatoms. The molecule has 4 rings (SSSR count). The van der Waals surface area contributed by atoms with E-state index < -0.39 is 0 Å². The number of ether oxygens (including phenoxy) is 1. The topological polar surface area (TPSA) is 81.9 Å². The summed E-state index contributed by atoms with van der Waals surface area (Å²) in [7, 11) is 1.88. The van der Waals surface area contributed by atoms with Crippen molar-refractivity contribution in [1.82, 2.24) is 19.7 Å². The maximum absolute atomic E-state index is 12.5. The van der Waals surface area contributed by atoms with Crippen LogP contribution in [0.15, 0.2) is 63.5 Å². The third-order valence-corrected chi connectivity index (χ3v) is 7.41. The number of carbonyl (C=O) groups excluding carboxylic acids is 1. The van der Waals surface area contributed by atoms with E-state index in [0.717, 1.165) is 27.9 Å². The fraction of sp³-hybridized carbons (Fsp3) is 0.250. The summed E-state index contributed by atoms with van der Waals surface area (Å²) in [6.07, 6.45) is 0.711. The number of nitrogens with one attached hydrogen (secondary N) is 1. The molecule has 0 aliphatic carbocycles. The van der Waals surface area contributed by atoms with Crippen LogP contribution < -0.4 is 10.1 Å². The molecular weight excluding hydrogens is 534 g/mol.